The van der Waals surface area contributed by atoms with Gasteiger partial charge in [0, 0.05) is 6.20 Å². The fraction of sp³-hybridized carbons (Fsp3) is 0.222. The first-order valence-corrected chi connectivity index (χ1v) is 4.16. The van der Waals surface area contributed by atoms with Crippen LogP contribution >= 0.6 is 11.6 Å². The Kier molecular flexibility index (Phi) is 1.58. The molecule has 0 aromatic carbocycles. The summed E-state index contributed by atoms with van der Waals surface area (Å²) in [6, 6.07) is 2.03. The Hall–Kier alpha value is -1.02. The highest BCUT2D eigenvalue weighted by atomic mass is 35.5. The van der Waals surface area contributed by atoms with Crippen LogP contribution in [0.3, 0.4) is 0 Å². The van der Waals surface area contributed by atoms with Crippen molar-refractivity contribution in [2.24, 2.45) is 0 Å². The van der Waals surface area contributed by atoms with E-state index in [1.165, 1.54) is 5.56 Å². The van der Waals surface area contributed by atoms with E-state index in [9.17, 15) is 0 Å². The van der Waals surface area contributed by atoms with Gasteiger partial charge in [-0.3, -0.25) is 0 Å². The van der Waals surface area contributed by atoms with Crippen LogP contribution in [0.4, 0.5) is 0 Å². The van der Waals surface area contributed by atoms with E-state index in [1.807, 2.05) is 26.1 Å². The zero-order valence-corrected chi connectivity index (χ0v) is 7.76. The second-order valence-corrected chi connectivity index (χ2v) is 3.37. The molecule has 2 nitrogen and oxygen atoms in total. The molecule has 0 spiro atoms. The van der Waals surface area contributed by atoms with Gasteiger partial charge < -0.3 is 0 Å². The van der Waals surface area contributed by atoms with Gasteiger partial charge in [0.1, 0.15) is 0 Å². The Morgan fingerprint density at radius 2 is 2.17 bits per heavy atom. The lowest BCUT2D eigenvalue weighted by atomic mass is 10.3. The van der Waals surface area contributed by atoms with Gasteiger partial charge in [0.15, 0.2) is 0 Å². The number of fused-ring (bicyclic) bond motifs is 1. The zero-order valence-electron chi connectivity index (χ0n) is 7.00. The molecule has 0 aliphatic carbocycles. The molecule has 0 aliphatic rings. The molecule has 2 aromatic rings. The van der Waals surface area contributed by atoms with Crippen molar-refractivity contribution in [1.29, 1.82) is 0 Å². The van der Waals surface area contributed by atoms with Crippen LogP contribution in [0.15, 0.2) is 18.5 Å². The molecule has 2 aromatic heterocycles. The molecule has 2 rings (SSSR count). The first-order chi connectivity index (χ1) is 5.68. The summed E-state index contributed by atoms with van der Waals surface area (Å²) >= 11 is 6.08. The average Bonchev–Trinajstić information content (AvgIpc) is 2.39. The Labute approximate surface area is 75.8 Å². The van der Waals surface area contributed by atoms with E-state index in [4.69, 9.17) is 11.6 Å². The van der Waals surface area contributed by atoms with Gasteiger partial charge in [0.05, 0.1) is 16.7 Å². The molecule has 0 radical (unpaired) electrons. The van der Waals surface area contributed by atoms with Crippen LogP contribution in [0, 0.1) is 13.8 Å². The summed E-state index contributed by atoms with van der Waals surface area (Å²) in [5.41, 5.74) is 3.17. The van der Waals surface area contributed by atoms with Gasteiger partial charge in [0.25, 0.3) is 0 Å². The number of nitrogens with zero attached hydrogens (tertiary/aromatic N) is 2. The summed E-state index contributed by atoms with van der Waals surface area (Å²) in [5.74, 6) is 0. The van der Waals surface area contributed by atoms with Crippen molar-refractivity contribution in [3.8, 4) is 0 Å². The molecule has 0 aliphatic heterocycles. The van der Waals surface area contributed by atoms with Crippen molar-refractivity contribution >= 4 is 17.1 Å². The van der Waals surface area contributed by atoms with Crippen LogP contribution in [0.25, 0.3) is 5.52 Å². The number of hydrogen-bond donors (Lipinski definition) is 0. The van der Waals surface area contributed by atoms with Crippen LogP contribution in [-0.4, -0.2) is 9.61 Å². The monoisotopic (exact) mass is 180 g/mol. The predicted molar refractivity (Wildman–Crippen MR) is 49.7 cm³/mol. The second-order valence-electron chi connectivity index (χ2n) is 2.99. The lowest BCUT2D eigenvalue weighted by Crippen LogP contribution is -1.90. The zero-order chi connectivity index (χ0) is 8.72. The van der Waals surface area contributed by atoms with Crippen molar-refractivity contribution in [3.63, 3.8) is 0 Å². The van der Waals surface area contributed by atoms with E-state index in [0.29, 0.717) is 0 Å². The fourth-order valence-electron chi connectivity index (χ4n) is 1.25. The molecule has 0 atom stereocenters. The van der Waals surface area contributed by atoms with E-state index < -0.39 is 0 Å². The third-order valence-corrected chi connectivity index (χ3v) is 2.38. The van der Waals surface area contributed by atoms with Crippen molar-refractivity contribution < 1.29 is 0 Å². The Balaban J connectivity index is 2.89. The Morgan fingerprint density at radius 3 is 2.92 bits per heavy atom. The maximum atomic E-state index is 6.08. The highest BCUT2D eigenvalue weighted by Crippen LogP contribution is 2.21. The van der Waals surface area contributed by atoms with E-state index in [2.05, 4.69) is 5.10 Å². The summed E-state index contributed by atoms with van der Waals surface area (Å²) in [6.45, 7) is 3.98. The highest BCUT2D eigenvalue weighted by molar-refractivity contribution is 6.34. The Morgan fingerprint density at radius 1 is 1.42 bits per heavy atom. The second kappa shape index (κ2) is 2.49. The summed E-state index contributed by atoms with van der Waals surface area (Å²) in [7, 11) is 0. The minimum atomic E-state index is 0.790. The van der Waals surface area contributed by atoms with E-state index in [-0.39, 0.29) is 0 Å². The molecule has 0 fully saturated rings. The van der Waals surface area contributed by atoms with Gasteiger partial charge in [-0.1, -0.05) is 11.6 Å². The van der Waals surface area contributed by atoms with Gasteiger partial charge in [-0.2, -0.15) is 5.10 Å². The van der Waals surface area contributed by atoms with Crippen LogP contribution in [0.1, 0.15) is 11.1 Å². The summed E-state index contributed by atoms with van der Waals surface area (Å²) in [5, 5.41) is 4.98. The van der Waals surface area contributed by atoms with Crippen LogP contribution < -0.4 is 0 Å². The molecule has 2 heterocycles. The van der Waals surface area contributed by atoms with Gasteiger partial charge in [-0.25, -0.2) is 4.52 Å². The third kappa shape index (κ3) is 0.994. The van der Waals surface area contributed by atoms with Crippen LogP contribution in [0.5, 0.6) is 0 Å². The average molecular weight is 181 g/mol. The van der Waals surface area contributed by atoms with Gasteiger partial charge >= 0.3 is 0 Å². The van der Waals surface area contributed by atoms with E-state index in [1.54, 1.807) is 10.7 Å². The van der Waals surface area contributed by atoms with Crippen LogP contribution in [-0.2, 0) is 0 Å². The molecule has 0 saturated heterocycles. The van der Waals surface area contributed by atoms with Gasteiger partial charge in [-0.15, -0.1) is 0 Å². The summed E-state index contributed by atoms with van der Waals surface area (Å²) in [6.07, 6.45) is 3.73. The van der Waals surface area contributed by atoms with Gasteiger partial charge in [0.2, 0.25) is 0 Å². The molecule has 12 heavy (non-hydrogen) atoms. The van der Waals surface area contributed by atoms with Gasteiger partial charge in [-0.05, 0) is 31.0 Å². The molecule has 3 heteroatoms. The molecule has 0 unspecified atom stereocenters. The van der Waals surface area contributed by atoms with Crippen molar-refractivity contribution in [3.05, 3.63) is 34.6 Å². The number of aryl methyl sites for hydroxylation is 2. The summed E-state index contributed by atoms with van der Waals surface area (Å²) in [4.78, 5) is 0. The molecular weight excluding hydrogens is 172 g/mol. The first kappa shape index (κ1) is 7.62. The molecule has 0 saturated carbocycles. The number of hydrogen-bond acceptors (Lipinski definition) is 1. The SMILES string of the molecule is Cc1cc2c(Cl)c(C)cnn2c1. The standard InChI is InChI=1S/C9H9ClN2/c1-6-3-8-9(10)7(2)4-11-12(8)5-6/h3-5H,1-2H3. The minimum absolute atomic E-state index is 0.790. The summed E-state index contributed by atoms with van der Waals surface area (Å²) < 4.78 is 1.80. The lowest BCUT2D eigenvalue weighted by molar-refractivity contribution is 0.929. The smallest absolute Gasteiger partial charge is 0.0838 e. The normalized spacial score (nSPS) is 10.9. The van der Waals surface area contributed by atoms with E-state index in [0.717, 1.165) is 16.1 Å². The fourth-order valence-corrected chi connectivity index (χ4v) is 1.44. The van der Waals surface area contributed by atoms with Crippen LogP contribution in [0.2, 0.25) is 5.02 Å². The minimum Gasteiger partial charge on any atom is -0.239 e. The molecule has 0 bridgehead atoms. The maximum Gasteiger partial charge on any atom is 0.0838 e. The van der Waals surface area contributed by atoms with Crippen molar-refractivity contribution in [2.45, 2.75) is 13.8 Å². The number of rotatable bonds is 0. The molecule has 0 amide bonds. The molecule has 0 N–H and O–H groups in total. The first-order valence-electron chi connectivity index (χ1n) is 3.78. The topological polar surface area (TPSA) is 17.3 Å². The quantitative estimate of drug-likeness (QED) is 0.609. The van der Waals surface area contributed by atoms with Crippen molar-refractivity contribution in [2.75, 3.05) is 0 Å². The third-order valence-electron chi connectivity index (χ3n) is 1.88. The lowest BCUT2D eigenvalue weighted by Gasteiger charge is -1.98. The maximum absolute atomic E-state index is 6.08. The molecule has 62 valence electrons. The Bertz CT molecular complexity index is 431. The predicted octanol–water partition coefficient (Wildman–Crippen LogP) is 2.60. The number of halogens is 1. The number of aromatic nitrogens is 2. The largest absolute Gasteiger partial charge is 0.239 e. The van der Waals surface area contributed by atoms with E-state index >= 15 is 0 Å². The van der Waals surface area contributed by atoms with Crippen molar-refractivity contribution in [1.82, 2.24) is 9.61 Å². The highest BCUT2D eigenvalue weighted by Gasteiger charge is 2.03. The molecular formula is C9H9ClN2.